The summed E-state index contributed by atoms with van der Waals surface area (Å²) in [5.41, 5.74) is 5.68. The minimum Gasteiger partial charge on any atom is -0.465 e. The van der Waals surface area contributed by atoms with Crippen LogP contribution < -0.4 is 10.6 Å². The molecule has 3 saturated heterocycles. The third-order valence-electron chi connectivity index (χ3n) is 13.9. The summed E-state index contributed by atoms with van der Waals surface area (Å²) in [5, 5.41) is 17.1. The number of nitrogens with one attached hydrogen (secondary N) is 4. The Labute approximate surface area is 359 Å². The van der Waals surface area contributed by atoms with E-state index in [1.165, 1.54) is 7.11 Å². The molecule has 2 aromatic heterocycles. The smallest absolute Gasteiger partial charge is 0.407 e. The van der Waals surface area contributed by atoms with Gasteiger partial charge in [0.1, 0.15) is 23.7 Å². The van der Waals surface area contributed by atoms with Gasteiger partial charge >= 0.3 is 12.2 Å². The molecule has 1 unspecified atom stereocenters. The summed E-state index contributed by atoms with van der Waals surface area (Å²) < 4.78 is 10.3. The van der Waals surface area contributed by atoms with E-state index in [1.54, 1.807) is 0 Å². The van der Waals surface area contributed by atoms with Gasteiger partial charge in [0.05, 0.1) is 30.6 Å². The summed E-state index contributed by atoms with van der Waals surface area (Å²) in [4.78, 5) is 72.3. The molecule has 0 bridgehead atoms. The van der Waals surface area contributed by atoms with Crippen LogP contribution >= 0.6 is 0 Å². The maximum absolute atomic E-state index is 14.1. The Morgan fingerprint density at radius 1 is 0.726 bits per heavy atom. The number of carboxylic acid groups (broad SMARTS) is 1. The van der Waals surface area contributed by atoms with Crippen molar-refractivity contribution in [1.82, 2.24) is 40.4 Å². The number of hydrogen-bond donors (Lipinski definition) is 5. The van der Waals surface area contributed by atoms with Crippen molar-refractivity contribution >= 4 is 34.8 Å². The Hall–Kier alpha value is -6.22. The van der Waals surface area contributed by atoms with E-state index >= 15 is 0 Å². The van der Waals surface area contributed by atoms with Crippen molar-refractivity contribution in [3.63, 3.8) is 0 Å². The number of ether oxygens (including phenoxy) is 2. The lowest BCUT2D eigenvalue weighted by Gasteiger charge is -2.35. The van der Waals surface area contributed by atoms with Gasteiger partial charge in [-0.3, -0.25) is 9.59 Å². The number of hydrogen-bond acceptors (Lipinski definition) is 8. The molecular weight excluding hydrogens is 789 g/mol. The zero-order valence-electron chi connectivity index (χ0n) is 35.0. The van der Waals surface area contributed by atoms with Crippen LogP contribution in [0.15, 0.2) is 73.1 Å². The fourth-order valence-electron chi connectivity index (χ4n) is 10.3. The maximum Gasteiger partial charge on any atom is 0.407 e. The van der Waals surface area contributed by atoms with Crippen molar-refractivity contribution in [2.24, 2.45) is 23.7 Å². The predicted molar refractivity (Wildman–Crippen MR) is 229 cm³/mol. The molecule has 0 radical (unpaired) electrons. The average Bonchev–Trinajstić information content (AvgIpc) is 3.87. The largest absolute Gasteiger partial charge is 0.465 e. The second-order valence-electron chi connectivity index (χ2n) is 18.1. The van der Waals surface area contributed by atoms with E-state index in [0.29, 0.717) is 37.9 Å². The van der Waals surface area contributed by atoms with Crippen LogP contribution in [0.2, 0.25) is 0 Å². The Kier molecular flexibility index (Phi) is 10.2. The number of benzene rings is 3. The summed E-state index contributed by atoms with van der Waals surface area (Å²) in [6, 6.07) is 19.4. The van der Waals surface area contributed by atoms with Crippen LogP contribution in [-0.4, -0.2) is 103 Å². The molecule has 2 saturated carbocycles. The van der Waals surface area contributed by atoms with Gasteiger partial charge in [0.2, 0.25) is 11.8 Å². The number of fused-ring (bicyclic) bond motifs is 3. The lowest BCUT2D eigenvalue weighted by atomic mass is 9.90. The SMILES string of the molecule is COC(=O)N[C@H](C(=O)N1[C@@H]2C[C@H]2C[C@H]1c1nc(-c2ccc3cc(-c4ccc(-c5c[nH]c(C6C[C@H]7C[C@H]7N6C(=O)[C@@H](NC(=O)O)C6CCOCC6)n5)cc4)ccc3c2)c[nH]1)C(C)C. The highest BCUT2D eigenvalue weighted by Gasteiger charge is 2.57. The number of aromatic amines is 2. The van der Waals surface area contributed by atoms with Gasteiger partial charge in [-0.2, -0.15) is 0 Å². The monoisotopic (exact) mass is 840 g/mol. The summed E-state index contributed by atoms with van der Waals surface area (Å²) in [6.07, 6.45) is 6.84. The first-order valence-corrected chi connectivity index (χ1v) is 21.9. The van der Waals surface area contributed by atoms with E-state index < -0.39 is 24.3 Å². The molecule has 5 aliphatic rings. The van der Waals surface area contributed by atoms with Crippen LogP contribution in [0.5, 0.6) is 0 Å². The maximum atomic E-state index is 14.1. The first-order valence-electron chi connectivity index (χ1n) is 21.9. The molecule has 62 heavy (non-hydrogen) atoms. The zero-order chi connectivity index (χ0) is 42.8. The van der Waals surface area contributed by atoms with Gasteiger partial charge in [-0.15, -0.1) is 0 Å². The predicted octanol–water partition coefficient (Wildman–Crippen LogP) is 7.05. The highest BCUT2D eigenvalue weighted by Crippen LogP contribution is 2.54. The number of nitrogens with zero attached hydrogens (tertiary/aromatic N) is 4. The molecule has 4 amide bonds. The van der Waals surface area contributed by atoms with Gasteiger partial charge in [0.25, 0.3) is 0 Å². The summed E-state index contributed by atoms with van der Waals surface area (Å²) in [5.74, 6) is 1.86. The quantitative estimate of drug-likeness (QED) is 0.0926. The molecule has 10 rings (SSSR count). The number of carbonyl (C=O) groups excluding carboxylic acids is 3. The number of rotatable bonds is 11. The lowest BCUT2D eigenvalue weighted by molar-refractivity contribution is -0.138. The molecule has 0 spiro atoms. The van der Waals surface area contributed by atoms with Gasteiger partial charge in [-0.25, -0.2) is 19.6 Å². The van der Waals surface area contributed by atoms with Gasteiger partial charge in [-0.1, -0.05) is 62.4 Å². The van der Waals surface area contributed by atoms with E-state index in [-0.39, 0.29) is 47.8 Å². The molecule has 322 valence electrons. The van der Waals surface area contributed by atoms with Crippen LogP contribution in [0, 0.1) is 23.7 Å². The fraction of sp³-hybridized carbons (Fsp3) is 0.447. The molecule has 15 nitrogen and oxygen atoms in total. The standard InChI is InChI=1S/C47H52N8O7/c1-24(2)40(53-47(60)61-3)44(56)54-36-18-32(36)20-38(54)43-49-23-35(51-43)31-11-10-29-16-28(8-9-30(29)17-31)25-4-6-26(7-5-25)34-22-48-42(50-34)39-21-33-19-37(33)55(39)45(57)41(52-46(58)59)27-12-14-62-15-13-27/h4-11,16-17,22-24,27,32-33,36-41,52H,12-15,18-21H2,1-3H3,(H,48,50)(H,49,51)(H,53,60)(H,58,59)/t32-,33+,36+,37+,38-,39?,40-,41-/m0/s1. The highest BCUT2D eigenvalue weighted by atomic mass is 16.5. The minimum absolute atomic E-state index is 0.101. The molecule has 5 heterocycles. The van der Waals surface area contributed by atoms with Crippen molar-refractivity contribution < 1.29 is 33.8 Å². The first-order chi connectivity index (χ1) is 30.0. The summed E-state index contributed by atoms with van der Waals surface area (Å²) in [7, 11) is 1.30. The molecular formula is C47H52N8O7. The van der Waals surface area contributed by atoms with E-state index in [0.717, 1.165) is 81.7 Å². The molecule has 5 fully saturated rings. The van der Waals surface area contributed by atoms with Crippen LogP contribution in [0.25, 0.3) is 44.4 Å². The fourth-order valence-corrected chi connectivity index (χ4v) is 10.3. The summed E-state index contributed by atoms with van der Waals surface area (Å²) >= 11 is 0. The van der Waals surface area contributed by atoms with Crippen LogP contribution in [-0.2, 0) is 19.1 Å². The number of carbonyl (C=O) groups is 4. The van der Waals surface area contributed by atoms with E-state index in [1.807, 2.05) is 36.0 Å². The van der Waals surface area contributed by atoms with E-state index in [9.17, 15) is 24.3 Å². The Morgan fingerprint density at radius 3 is 1.84 bits per heavy atom. The Morgan fingerprint density at radius 2 is 1.26 bits per heavy atom. The van der Waals surface area contributed by atoms with Crippen LogP contribution in [0.1, 0.15) is 76.1 Å². The van der Waals surface area contributed by atoms with Crippen molar-refractivity contribution in [3.8, 4) is 33.6 Å². The number of amides is 4. The Bertz CT molecular complexity index is 2530. The lowest BCUT2D eigenvalue weighted by Crippen LogP contribution is -2.53. The second-order valence-corrected chi connectivity index (χ2v) is 18.1. The third-order valence-corrected chi connectivity index (χ3v) is 13.9. The van der Waals surface area contributed by atoms with Crippen LogP contribution in [0.3, 0.4) is 0 Å². The number of methoxy groups -OCH3 is 1. The van der Waals surface area contributed by atoms with E-state index in [4.69, 9.17) is 19.4 Å². The summed E-state index contributed by atoms with van der Waals surface area (Å²) in [6.45, 7) is 4.89. The molecule has 3 aliphatic heterocycles. The molecule has 3 aromatic carbocycles. The minimum atomic E-state index is -1.19. The van der Waals surface area contributed by atoms with Gasteiger partial charge < -0.3 is 45.0 Å². The molecule has 5 aromatic rings. The molecule has 5 N–H and O–H groups in total. The van der Waals surface area contributed by atoms with Crippen LogP contribution in [0.4, 0.5) is 9.59 Å². The Balaban J connectivity index is 0.820. The average molecular weight is 841 g/mol. The van der Waals surface area contributed by atoms with Crippen molar-refractivity contribution in [2.45, 2.75) is 88.6 Å². The van der Waals surface area contributed by atoms with Gasteiger partial charge in [0, 0.05) is 48.8 Å². The topological polar surface area (TPSA) is 195 Å². The van der Waals surface area contributed by atoms with Crippen molar-refractivity contribution in [3.05, 3.63) is 84.7 Å². The van der Waals surface area contributed by atoms with Gasteiger partial charge in [-0.05, 0) is 96.2 Å². The number of H-pyrrole nitrogens is 2. The normalized spacial score (nSPS) is 25.0. The number of piperidine rings is 2. The first kappa shape index (κ1) is 39.9. The molecule has 15 heteroatoms. The van der Waals surface area contributed by atoms with Gasteiger partial charge in [0.15, 0.2) is 0 Å². The third kappa shape index (κ3) is 7.45. The number of aromatic nitrogens is 4. The number of imidazole rings is 2. The molecule has 2 aliphatic carbocycles. The zero-order valence-corrected chi connectivity index (χ0v) is 35.0. The second kappa shape index (κ2) is 15.9. The van der Waals surface area contributed by atoms with Crippen molar-refractivity contribution in [1.29, 1.82) is 0 Å². The number of likely N-dealkylation sites (tertiary alicyclic amines) is 2. The van der Waals surface area contributed by atoms with E-state index in [2.05, 4.69) is 81.3 Å². The number of alkyl carbamates (subject to hydrolysis) is 1. The van der Waals surface area contributed by atoms with Crippen molar-refractivity contribution in [2.75, 3.05) is 20.3 Å². The molecule has 8 atom stereocenters. The highest BCUT2D eigenvalue weighted by molar-refractivity contribution is 5.91.